The van der Waals surface area contributed by atoms with Crippen molar-refractivity contribution >= 4 is 23.4 Å². The van der Waals surface area contributed by atoms with Crippen molar-refractivity contribution in [2.45, 2.75) is 19.3 Å². The molecular weight excluding hydrogens is 318 g/mol. The predicted octanol–water partition coefficient (Wildman–Crippen LogP) is 2.24. The Balaban J connectivity index is 1.59. The fraction of sp³-hybridized carbons (Fsp3) is 0.353. The molecule has 1 saturated heterocycles. The highest BCUT2D eigenvalue weighted by molar-refractivity contribution is 6.05. The molecular formula is C17H16F2N2O3. The number of hydrogen-bond donors (Lipinski definition) is 1. The van der Waals surface area contributed by atoms with Crippen LogP contribution in [0, 0.1) is 23.5 Å². The molecule has 2 atom stereocenters. The second kappa shape index (κ2) is 6.51. The molecule has 126 valence electrons. The molecule has 0 aromatic heterocycles. The molecule has 1 N–H and O–H groups in total. The molecule has 7 heteroatoms. The van der Waals surface area contributed by atoms with Crippen LogP contribution >= 0.6 is 0 Å². The van der Waals surface area contributed by atoms with E-state index < -0.39 is 17.5 Å². The molecule has 24 heavy (non-hydrogen) atoms. The fourth-order valence-electron chi connectivity index (χ4n) is 3.11. The molecule has 3 amide bonds. The summed E-state index contributed by atoms with van der Waals surface area (Å²) in [7, 11) is 0. The van der Waals surface area contributed by atoms with E-state index in [0.29, 0.717) is 12.8 Å². The van der Waals surface area contributed by atoms with Gasteiger partial charge in [0.25, 0.3) is 0 Å². The Labute approximate surface area is 137 Å². The van der Waals surface area contributed by atoms with Crippen molar-refractivity contribution in [3.8, 4) is 0 Å². The van der Waals surface area contributed by atoms with Gasteiger partial charge in [-0.2, -0.15) is 0 Å². The van der Waals surface area contributed by atoms with Crippen molar-refractivity contribution in [1.29, 1.82) is 0 Å². The standard InChI is InChI=1S/C17H16F2N2O3/c18-10-5-6-13(19)14(9-10)20-15(22)7-8-21-16(23)11-3-1-2-4-12(11)17(21)24/h1-2,5-6,9,11-12H,3-4,7-8H2,(H,20,22)/t11-,12-/m1/s1. The van der Waals surface area contributed by atoms with Crippen LogP contribution in [-0.2, 0) is 14.4 Å². The van der Waals surface area contributed by atoms with Crippen LogP contribution < -0.4 is 5.32 Å². The first-order valence-corrected chi connectivity index (χ1v) is 7.72. The van der Waals surface area contributed by atoms with Gasteiger partial charge in [0.15, 0.2) is 0 Å². The molecule has 1 aliphatic carbocycles. The molecule has 0 radical (unpaired) electrons. The van der Waals surface area contributed by atoms with Crippen LogP contribution in [0.25, 0.3) is 0 Å². The zero-order valence-corrected chi connectivity index (χ0v) is 12.8. The number of anilines is 1. The predicted molar refractivity (Wildman–Crippen MR) is 81.7 cm³/mol. The zero-order chi connectivity index (χ0) is 17.3. The summed E-state index contributed by atoms with van der Waals surface area (Å²) >= 11 is 0. The minimum absolute atomic E-state index is 0.0621. The van der Waals surface area contributed by atoms with Gasteiger partial charge in [-0.25, -0.2) is 8.78 Å². The van der Waals surface area contributed by atoms with Crippen molar-refractivity contribution in [2.24, 2.45) is 11.8 Å². The van der Waals surface area contributed by atoms with Gasteiger partial charge in [-0.3, -0.25) is 19.3 Å². The van der Waals surface area contributed by atoms with E-state index in [1.54, 1.807) is 0 Å². The number of carbonyl (C=O) groups is 3. The average molecular weight is 334 g/mol. The highest BCUT2D eigenvalue weighted by atomic mass is 19.1. The Kier molecular flexibility index (Phi) is 4.42. The molecule has 0 unspecified atom stereocenters. The van der Waals surface area contributed by atoms with E-state index in [1.165, 1.54) is 0 Å². The van der Waals surface area contributed by atoms with Gasteiger partial charge >= 0.3 is 0 Å². The van der Waals surface area contributed by atoms with E-state index in [4.69, 9.17) is 0 Å². The number of nitrogens with one attached hydrogen (secondary N) is 1. The minimum Gasteiger partial charge on any atom is -0.323 e. The first-order chi connectivity index (χ1) is 11.5. The number of nitrogens with zero attached hydrogens (tertiary/aromatic N) is 1. The molecule has 5 nitrogen and oxygen atoms in total. The summed E-state index contributed by atoms with van der Waals surface area (Å²) in [4.78, 5) is 37.5. The van der Waals surface area contributed by atoms with Gasteiger partial charge in [0, 0.05) is 19.0 Å². The molecule has 0 spiro atoms. The highest BCUT2D eigenvalue weighted by Gasteiger charge is 2.46. The maximum Gasteiger partial charge on any atom is 0.233 e. The number of hydrogen-bond acceptors (Lipinski definition) is 3. The van der Waals surface area contributed by atoms with Crippen LogP contribution in [0.4, 0.5) is 14.5 Å². The first kappa shape index (κ1) is 16.3. The smallest absolute Gasteiger partial charge is 0.233 e. The Hall–Kier alpha value is -2.57. The van der Waals surface area contributed by atoms with Crippen LogP contribution in [0.3, 0.4) is 0 Å². The fourth-order valence-corrected chi connectivity index (χ4v) is 3.11. The minimum atomic E-state index is -0.754. The van der Waals surface area contributed by atoms with E-state index in [-0.39, 0.29) is 42.3 Å². The molecule has 1 aromatic carbocycles. The summed E-state index contributed by atoms with van der Waals surface area (Å²) in [6.07, 6.45) is 4.67. The number of carbonyl (C=O) groups excluding carboxylic acids is 3. The van der Waals surface area contributed by atoms with Crippen molar-refractivity contribution in [2.75, 3.05) is 11.9 Å². The number of imide groups is 1. The van der Waals surface area contributed by atoms with E-state index in [1.807, 2.05) is 12.2 Å². The van der Waals surface area contributed by atoms with Crippen molar-refractivity contribution in [1.82, 2.24) is 4.90 Å². The molecule has 2 aliphatic rings. The zero-order valence-electron chi connectivity index (χ0n) is 12.8. The second-order valence-electron chi connectivity index (χ2n) is 5.91. The van der Waals surface area contributed by atoms with Crippen molar-refractivity contribution in [3.63, 3.8) is 0 Å². The molecule has 3 rings (SSSR count). The van der Waals surface area contributed by atoms with Crippen LogP contribution in [0.2, 0.25) is 0 Å². The molecule has 1 fully saturated rings. The molecule has 1 aliphatic heterocycles. The summed E-state index contributed by atoms with van der Waals surface area (Å²) in [5.74, 6) is -3.23. The van der Waals surface area contributed by atoms with Gasteiger partial charge in [0.1, 0.15) is 11.6 Å². The van der Waals surface area contributed by atoms with E-state index in [9.17, 15) is 23.2 Å². The number of halogens is 2. The molecule has 1 aromatic rings. The lowest BCUT2D eigenvalue weighted by molar-refractivity contribution is -0.140. The average Bonchev–Trinajstić information content (AvgIpc) is 2.81. The van der Waals surface area contributed by atoms with Gasteiger partial charge in [0.05, 0.1) is 17.5 Å². The van der Waals surface area contributed by atoms with Crippen molar-refractivity contribution < 1.29 is 23.2 Å². The summed E-state index contributed by atoms with van der Waals surface area (Å²) < 4.78 is 26.6. The number of allylic oxidation sites excluding steroid dienone is 2. The lowest BCUT2D eigenvalue weighted by Crippen LogP contribution is -2.34. The number of amides is 3. The largest absolute Gasteiger partial charge is 0.323 e. The number of likely N-dealkylation sites (tertiary alicyclic amines) is 1. The molecule has 1 heterocycles. The van der Waals surface area contributed by atoms with E-state index >= 15 is 0 Å². The van der Waals surface area contributed by atoms with Crippen LogP contribution in [0.15, 0.2) is 30.4 Å². The van der Waals surface area contributed by atoms with E-state index in [0.717, 1.165) is 23.1 Å². The SMILES string of the molecule is O=C(CCN1C(=O)[C@@H]2CC=CC[C@H]2C1=O)Nc1cc(F)ccc1F. The topological polar surface area (TPSA) is 66.5 Å². The van der Waals surface area contributed by atoms with E-state index in [2.05, 4.69) is 5.32 Å². The Morgan fingerprint density at radius 2 is 1.75 bits per heavy atom. The lowest BCUT2D eigenvalue weighted by Gasteiger charge is -2.14. The third-order valence-corrected chi connectivity index (χ3v) is 4.36. The maximum absolute atomic E-state index is 13.5. The Bertz CT molecular complexity index is 707. The number of rotatable bonds is 4. The number of fused-ring (bicyclic) bond motifs is 1. The Morgan fingerprint density at radius 1 is 1.12 bits per heavy atom. The summed E-state index contributed by atoms with van der Waals surface area (Å²) in [5, 5.41) is 2.25. The van der Waals surface area contributed by atoms with Crippen molar-refractivity contribution in [3.05, 3.63) is 42.0 Å². The third-order valence-electron chi connectivity index (χ3n) is 4.36. The van der Waals surface area contributed by atoms with Gasteiger partial charge in [-0.15, -0.1) is 0 Å². The first-order valence-electron chi connectivity index (χ1n) is 7.72. The van der Waals surface area contributed by atoms with Gasteiger partial charge in [-0.05, 0) is 25.0 Å². The highest BCUT2D eigenvalue weighted by Crippen LogP contribution is 2.35. The van der Waals surface area contributed by atoms with Crippen LogP contribution in [0.1, 0.15) is 19.3 Å². The maximum atomic E-state index is 13.5. The monoisotopic (exact) mass is 334 g/mol. The summed E-state index contributed by atoms with van der Waals surface area (Å²) in [6.45, 7) is -0.0621. The van der Waals surface area contributed by atoms with Crippen LogP contribution in [-0.4, -0.2) is 29.2 Å². The van der Waals surface area contributed by atoms with Gasteiger partial charge in [0.2, 0.25) is 17.7 Å². The lowest BCUT2D eigenvalue weighted by atomic mass is 9.85. The molecule has 0 bridgehead atoms. The third kappa shape index (κ3) is 3.06. The Morgan fingerprint density at radius 3 is 2.38 bits per heavy atom. The quantitative estimate of drug-likeness (QED) is 0.678. The van der Waals surface area contributed by atoms with Crippen LogP contribution in [0.5, 0.6) is 0 Å². The normalized spacial score (nSPS) is 22.7. The number of benzene rings is 1. The molecule has 0 saturated carbocycles. The van der Waals surface area contributed by atoms with Gasteiger partial charge in [-0.1, -0.05) is 12.2 Å². The summed E-state index contributed by atoms with van der Waals surface area (Å²) in [6, 6.07) is 2.73. The second-order valence-corrected chi connectivity index (χ2v) is 5.91. The summed E-state index contributed by atoms with van der Waals surface area (Å²) in [5.41, 5.74) is -0.267. The van der Waals surface area contributed by atoms with Gasteiger partial charge < -0.3 is 5.32 Å².